The second kappa shape index (κ2) is 5.04. The van der Waals surface area contributed by atoms with Gasteiger partial charge in [0.1, 0.15) is 0 Å². The molecule has 1 fully saturated rings. The van der Waals surface area contributed by atoms with Crippen LogP contribution in [0.4, 0.5) is 0 Å². The average molecular weight is 271 g/mol. The number of benzene rings is 1. The molecule has 1 unspecified atom stereocenters. The van der Waals surface area contributed by atoms with Gasteiger partial charge in [0.15, 0.2) is 5.43 Å². The van der Waals surface area contributed by atoms with Crippen LogP contribution >= 0.6 is 0 Å². The third kappa shape index (κ3) is 2.37. The van der Waals surface area contributed by atoms with Gasteiger partial charge in [-0.15, -0.1) is 0 Å². The zero-order valence-electron chi connectivity index (χ0n) is 12.1. The van der Waals surface area contributed by atoms with Crippen molar-refractivity contribution in [1.82, 2.24) is 9.88 Å². The molecule has 3 rings (SSSR count). The average Bonchev–Trinajstić information content (AvgIpc) is 2.79. The van der Waals surface area contributed by atoms with E-state index in [4.69, 9.17) is 5.73 Å². The van der Waals surface area contributed by atoms with E-state index in [1.165, 1.54) is 0 Å². The maximum absolute atomic E-state index is 12.3. The number of rotatable bonds is 2. The van der Waals surface area contributed by atoms with E-state index < -0.39 is 0 Å². The Hall–Kier alpha value is -1.65. The summed E-state index contributed by atoms with van der Waals surface area (Å²) in [5, 5.41) is 0.812. The molecule has 2 heterocycles. The summed E-state index contributed by atoms with van der Waals surface area (Å²) in [7, 11) is 0. The maximum Gasteiger partial charge on any atom is 0.189 e. The molecule has 0 saturated carbocycles. The molecule has 1 atom stereocenters. The first kappa shape index (κ1) is 13.3. The van der Waals surface area contributed by atoms with Crippen LogP contribution in [-0.4, -0.2) is 29.0 Å². The molecule has 1 saturated heterocycles. The summed E-state index contributed by atoms with van der Waals surface area (Å²) >= 11 is 0. The number of hydrogen-bond acceptors (Lipinski definition) is 3. The van der Waals surface area contributed by atoms with E-state index in [1.54, 1.807) is 6.07 Å². The lowest BCUT2D eigenvalue weighted by atomic mass is 10.0. The topological polar surface area (TPSA) is 62.1 Å². The number of H-pyrrole nitrogens is 1. The molecular formula is C16H21N3O. The summed E-state index contributed by atoms with van der Waals surface area (Å²) < 4.78 is 0. The fourth-order valence-electron chi connectivity index (χ4n) is 3.05. The van der Waals surface area contributed by atoms with Crippen molar-refractivity contribution in [1.29, 1.82) is 0 Å². The van der Waals surface area contributed by atoms with Crippen molar-refractivity contribution < 1.29 is 0 Å². The quantitative estimate of drug-likeness (QED) is 0.873. The second-order valence-electron chi connectivity index (χ2n) is 5.89. The Kier molecular flexibility index (Phi) is 3.36. The van der Waals surface area contributed by atoms with E-state index in [2.05, 4.69) is 16.0 Å². The van der Waals surface area contributed by atoms with E-state index in [0.29, 0.717) is 0 Å². The lowest BCUT2D eigenvalue weighted by Gasteiger charge is -2.16. The van der Waals surface area contributed by atoms with Crippen LogP contribution in [0.5, 0.6) is 0 Å². The van der Waals surface area contributed by atoms with Crippen molar-refractivity contribution in [2.24, 2.45) is 5.73 Å². The number of aromatic amines is 1. The number of fused-ring (bicyclic) bond motifs is 1. The lowest BCUT2D eigenvalue weighted by Crippen LogP contribution is -2.27. The summed E-state index contributed by atoms with van der Waals surface area (Å²) in [5.41, 5.74) is 10.1. The maximum atomic E-state index is 12.3. The molecule has 1 aromatic heterocycles. The number of likely N-dealkylation sites (tertiary alicyclic amines) is 1. The van der Waals surface area contributed by atoms with Crippen LogP contribution in [0, 0.1) is 13.8 Å². The zero-order chi connectivity index (χ0) is 14.3. The van der Waals surface area contributed by atoms with Gasteiger partial charge in [0.25, 0.3) is 0 Å². The largest absolute Gasteiger partial charge is 0.357 e. The summed E-state index contributed by atoms with van der Waals surface area (Å²) in [6.45, 7) is 6.70. The molecule has 0 aliphatic carbocycles. The molecule has 0 amide bonds. The smallest absolute Gasteiger partial charge is 0.189 e. The highest BCUT2D eigenvalue weighted by Crippen LogP contribution is 2.18. The van der Waals surface area contributed by atoms with Gasteiger partial charge in [0.2, 0.25) is 0 Å². The first-order valence-corrected chi connectivity index (χ1v) is 7.14. The standard InChI is InChI=1S/C16H21N3O/c1-10-3-4-11(2)16-15(10)14(20)7-13(18-16)9-19-6-5-12(17)8-19/h3-4,7,12H,5-6,8-9,17H2,1-2H3,(H,18,20). The van der Waals surface area contributed by atoms with Gasteiger partial charge in [0, 0.05) is 42.8 Å². The van der Waals surface area contributed by atoms with Gasteiger partial charge in [-0.3, -0.25) is 9.69 Å². The monoisotopic (exact) mass is 271 g/mol. The van der Waals surface area contributed by atoms with Crippen LogP contribution in [0.1, 0.15) is 23.2 Å². The summed E-state index contributed by atoms with van der Waals surface area (Å²) in [6.07, 6.45) is 1.04. The molecule has 4 nitrogen and oxygen atoms in total. The van der Waals surface area contributed by atoms with E-state index in [1.807, 2.05) is 19.9 Å². The SMILES string of the molecule is Cc1ccc(C)c2c(=O)cc(CN3CCC(N)C3)[nH]c12. The Morgan fingerprint density at radius 2 is 2.10 bits per heavy atom. The number of aromatic nitrogens is 1. The molecule has 0 bridgehead atoms. The fraction of sp³-hybridized carbons (Fsp3) is 0.438. The Labute approximate surface area is 118 Å². The Morgan fingerprint density at radius 1 is 1.35 bits per heavy atom. The minimum absolute atomic E-state index is 0.110. The molecule has 1 aliphatic heterocycles. The van der Waals surface area contributed by atoms with Gasteiger partial charge in [-0.2, -0.15) is 0 Å². The van der Waals surface area contributed by atoms with Crippen LogP contribution in [-0.2, 0) is 6.54 Å². The van der Waals surface area contributed by atoms with Gasteiger partial charge in [-0.05, 0) is 31.4 Å². The van der Waals surface area contributed by atoms with Crippen LogP contribution in [0.3, 0.4) is 0 Å². The van der Waals surface area contributed by atoms with Crippen LogP contribution in [0.2, 0.25) is 0 Å². The molecule has 106 valence electrons. The minimum Gasteiger partial charge on any atom is -0.357 e. The number of nitrogens with two attached hydrogens (primary N) is 1. The highest BCUT2D eigenvalue weighted by Gasteiger charge is 2.19. The number of nitrogens with zero attached hydrogens (tertiary/aromatic N) is 1. The summed E-state index contributed by atoms with van der Waals surface area (Å²) in [6, 6.07) is 6.07. The first-order valence-electron chi connectivity index (χ1n) is 7.14. The van der Waals surface area contributed by atoms with E-state index >= 15 is 0 Å². The predicted octanol–water partition coefficient (Wildman–Crippen LogP) is 1.68. The van der Waals surface area contributed by atoms with Crippen molar-refractivity contribution in [2.75, 3.05) is 13.1 Å². The zero-order valence-corrected chi connectivity index (χ0v) is 12.1. The van der Waals surface area contributed by atoms with Gasteiger partial charge in [-0.1, -0.05) is 12.1 Å². The third-order valence-electron chi connectivity index (χ3n) is 4.16. The number of pyridine rings is 1. The molecule has 1 aromatic carbocycles. The van der Waals surface area contributed by atoms with Gasteiger partial charge >= 0.3 is 0 Å². The fourth-order valence-corrected chi connectivity index (χ4v) is 3.05. The van der Waals surface area contributed by atoms with E-state index in [9.17, 15) is 4.79 Å². The van der Waals surface area contributed by atoms with Crippen LogP contribution < -0.4 is 11.2 Å². The molecule has 0 radical (unpaired) electrons. The summed E-state index contributed by atoms with van der Waals surface area (Å²) in [5.74, 6) is 0. The van der Waals surface area contributed by atoms with Crippen LogP contribution in [0.25, 0.3) is 10.9 Å². The van der Waals surface area contributed by atoms with E-state index in [0.717, 1.165) is 53.8 Å². The van der Waals surface area contributed by atoms with Crippen molar-refractivity contribution in [3.63, 3.8) is 0 Å². The van der Waals surface area contributed by atoms with E-state index in [-0.39, 0.29) is 11.5 Å². The van der Waals surface area contributed by atoms with Gasteiger partial charge in [-0.25, -0.2) is 0 Å². The van der Waals surface area contributed by atoms with Crippen molar-refractivity contribution in [2.45, 2.75) is 32.9 Å². The van der Waals surface area contributed by atoms with Crippen molar-refractivity contribution in [3.05, 3.63) is 45.2 Å². The molecule has 0 spiro atoms. The Balaban J connectivity index is 2.01. The molecule has 20 heavy (non-hydrogen) atoms. The van der Waals surface area contributed by atoms with Gasteiger partial charge in [0.05, 0.1) is 5.52 Å². The highest BCUT2D eigenvalue weighted by atomic mass is 16.1. The second-order valence-corrected chi connectivity index (χ2v) is 5.89. The number of aryl methyl sites for hydroxylation is 2. The predicted molar refractivity (Wildman–Crippen MR) is 81.9 cm³/mol. The third-order valence-corrected chi connectivity index (χ3v) is 4.16. The lowest BCUT2D eigenvalue weighted by molar-refractivity contribution is 0.323. The molecule has 1 aliphatic rings. The van der Waals surface area contributed by atoms with Crippen molar-refractivity contribution >= 4 is 10.9 Å². The minimum atomic E-state index is 0.110. The van der Waals surface area contributed by atoms with Crippen LogP contribution in [0.15, 0.2) is 23.0 Å². The Morgan fingerprint density at radius 3 is 2.80 bits per heavy atom. The first-order chi connectivity index (χ1) is 9.54. The normalized spacial score (nSPS) is 19.9. The number of hydrogen-bond donors (Lipinski definition) is 2. The Bertz CT molecular complexity index is 705. The molecule has 2 aromatic rings. The highest BCUT2D eigenvalue weighted by molar-refractivity contribution is 5.84. The summed E-state index contributed by atoms with van der Waals surface area (Å²) in [4.78, 5) is 18.1. The molecule has 3 N–H and O–H groups in total. The van der Waals surface area contributed by atoms with Crippen molar-refractivity contribution in [3.8, 4) is 0 Å². The van der Waals surface area contributed by atoms with Gasteiger partial charge < -0.3 is 10.7 Å². The number of nitrogens with one attached hydrogen (secondary N) is 1. The molecule has 4 heteroatoms. The molecular weight excluding hydrogens is 250 g/mol.